The van der Waals surface area contributed by atoms with Crippen molar-refractivity contribution in [3.05, 3.63) is 44.3 Å². The molecule has 0 atom stereocenters. The van der Waals surface area contributed by atoms with Crippen LogP contribution in [0.5, 0.6) is 0 Å². The lowest BCUT2D eigenvalue weighted by Gasteiger charge is -2.07. The van der Waals surface area contributed by atoms with Gasteiger partial charge in [0, 0.05) is 6.20 Å². The number of aromatic carboxylic acids is 1. The number of aryl methyl sites for hydroxylation is 1. The minimum Gasteiger partial charge on any atom is -0.477 e. The molecule has 2 aromatic heterocycles. The van der Waals surface area contributed by atoms with Crippen LogP contribution in [-0.4, -0.2) is 22.0 Å². The number of carbonyl (C=O) groups is 2. The normalized spacial score (nSPS) is 10.2. The monoisotopic (exact) mass is 340 g/mol. The first-order valence-electron chi connectivity index (χ1n) is 5.24. The molecular weight excluding hydrogens is 332 g/mol. The molecule has 0 saturated heterocycles. The molecule has 0 unspecified atom stereocenters. The summed E-state index contributed by atoms with van der Waals surface area (Å²) < 4.78 is 0.414. The van der Waals surface area contributed by atoms with E-state index in [0.29, 0.717) is 15.9 Å². The Morgan fingerprint density at radius 2 is 2.21 bits per heavy atom. The fraction of sp³-hybridized carbons (Fsp3) is 0.0833. The average molecular weight is 341 g/mol. The first kappa shape index (κ1) is 13.7. The summed E-state index contributed by atoms with van der Waals surface area (Å²) in [5.74, 6) is -1.46. The molecule has 2 aromatic rings. The van der Waals surface area contributed by atoms with E-state index in [-0.39, 0.29) is 4.88 Å². The summed E-state index contributed by atoms with van der Waals surface area (Å²) in [7, 11) is 0. The third kappa shape index (κ3) is 2.82. The second kappa shape index (κ2) is 5.50. The van der Waals surface area contributed by atoms with E-state index in [1.807, 2.05) is 0 Å². The van der Waals surface area contributed by atoms with Gasteiger partial charge in [-0.3, -0.25) is 4.79 Å². The first-order valence-corrected chi connectivity index (χ1v) is 6.91. The van der Waals surface area contributed by atoms with E-state index in [1.54, 1.807) is 30.6 Å². The van der Waals surface area contributed by atoms with Crippen LogP contribution in [0.2, 0.25) is 0 Å². The third-order valence-corrected chi connectivity index (χ3v) is 4.13. The Labute approximate surface area is 121 Å². The number of hydrogen-bond acceptors (Lipinski definition) is 4. The highest BCUT2D eigenvalue weighted by atomic mass is 79.9. The number of carbonyl (C=O) groups excluding carboxylic acids is 1. The number of thiophene rings is 1. The number of carboxylic acid groups (broad SMARTS) is 1. The third-order valence-electron chi connectivity index (χ3n) is 2.41. The quantitative estimate of drug-likeness (QED) is 0.841. The van der Waals surface area contributed by atoms with E-state index in [2.05, 4.69) is 26.2 Å². The number of hydrogen-bond donors (Lipinski definition) is 2. The number of aromatic nitrogens is 1. The Balaban J connectivity index is 2.32. The zero-order valence-electron chi connectivity index (χ0n) is 9.81. The molecule has 98 valence electrons. The van der Waals surface area contributed by atoms with Crippen molar-refractivity contribution in [3.8, 4) is 0 Å². The molecule has 0 fully saturated rings. The highest BCUT2D eigenvalue weighted by Crippen LogP contribution is 2.28. The summed E-state index contributed by atoms with van der Waals surface area (Å²) in [4.78, 5) is 27.2. The summed E-state index contributed by atoms with van der Waals surface area (Å²) >= 11 is 4.27. The number of rotatable bonds is 3. The van der Waals surface area contributed by atoms with Crippen molar-refractivity contribution in [2.75, 3.05) is 5.32 Å². The Kier molecular flexibility index (Phi) is 3.96. The van der Waals surface area contributed by atoms with Crippen molar-refractivity contribution in [2.24, 2.45) is 0 Å². The van der Waals surface area contributed by atoms with Crippen LogP contribution in [0, 0.1) is 6.92 Å². The van der Waals surface area contributed by atoms with E-state index >= 15 is 0 Å². The molecule has 19 heavy (non-hydrogen) atoms. The molecule has 0 radical (unpaired) electrons. The van der Waals surface area contributed by atoms with Crippen molar-refractivity contribution in [3.63, 3.8) is 0 Å². The van der Waals surface area contributed by atoms with Crippen molar-refractivity contribution in [2.45, 2.75) is 6.92 Å². The van der Waals surface area contributed by atoms with Crippen LogP contribution < -0.4 is 5.32 Å². The van der Waals surface area contributed by atoms with Gasteiger partial charge in [0.05, 0.1) is 11.3 Å². The van der Waals surface area contributed by atoms with Crippen molar-refractivity contribution >= 4 is 44.8 Å². The molecule has 0 bridgehead atoms. The SMILES string of the molecule is Cc1csc(C(=O)O)c1NC(=O)c1cccnc1Br. The summed E-state index contributed by atoms with van der Waals surface area (Å²) in [6.07, 6.45) is 1.55. The van der Waals surface area contributed by atoms with Crippen LogP contribution in [0.3, 0.4) is 0 Å². The Morgan fingerprint density at radius 3 is 2.84 bits per heavy atom. The fourth-order valence-corrected chi connectivity index (χ4v) is 2.77. The molecule has 0 aliphatic carbocycles. The predicted octanol–water partition coefficient (Wildman–Crippen LogP) is 3.16. The molecular formula is C12H9BrN2O3S. The predicted molar refractivity (Wildman–Crippen MR) is 75.9 cm³/mol. The molecule has 0 aromatic carbocycles. The molecule has 0 aliphatic rings. The van der Waals surface area contributed by atoms with E-state index in [0.717, 1.165) is 16.9 Å². The van der Waals surface area contributed by atoms with Gasteiger partial charge in [0.2, 0.25) is 0 Å². The van der Waals surface area contributed by atoms with Crippen LogP contribution in [0.1, 0.15) is 25.6 Å². The van der Waals surface area contributed by atoms with Crippen LogP contribution >= 0.6 is 27.3 Å². The van der Waals surface area contributed by atoms with Crippen LogP contribution in [0.15, 0.2) is 28.3 Å². The molecule has 2 rings (SSSR count). The smallest absolute Gasteiger partial charge is 0.348 e. The fourth-order valence-electron chi connectivity index (χ4n) is 1.49. The first-order chi connectivity index (χ1) is 9.00. The molecule has 0 spiro atoms. The van der Waals surface area contributed by atoms with Gasteiger partial charge in [-0.1, -0.05) is 0 Å². The molecule has 0 saturated carbocycles. The highest BCUT2D eigenvalue weighted by molar-refractivity contribution is 9.10. The molecule has 1 amide bonds. The van der Waals surface area contributed by atoms with Crippen molar-refractivity contribution < 1.29 is 14.7 Å². The summed E-state index contributed by atoms with van der Waals surface area (Å²) in [6, 6.07) is 3.24. The van der Waals surface area contributed by atoms with E-state index in [4.69, 9.17) is 5.11 Å². The number of carboxylic acids is 1. The molecule has 2 heterocycles. The van der Waals surface area contributed by atoms with Crippen LogP contribution in [0.4, 0.5) is 5.69 Å². The number of halogens is 1. The Hall–Kier alpha value is -1.73. The molecule has 5 nitrogen and oxygen atoms in total. The topological polar surface area (TPSA) is 79.3 Å². The van der Waals surface area contributed by atoms with E-state index < -0.39 is 11.9 Å². The Morgan fingerprint density at radius 1 is 1.47 bits per heavy atom. The lowest BCUT2D eigenvalue weighted by atomic mass is 10.2. The zero-order chi connectivity index (χ0) is 14.0. The van der Waals surface area contributed by atoms with Gasteiger partial charge in [0.1, 0.15) is 9.48 Å². The van der Waals surface area contributed by atoms with Crippen molar-refractivity contribution in [1.29, 1.82) is 0 Å². The van der Waals surface area contributed by atoms with Gasteiger partial charge < -0.3 is 10.4 Å². The maximum atomic E-state index is 12.1. The molecule has 7 heteroatoms. The highest BCUT2D eigenvalue weighted by Gasteiger charge is 2.19. The second-order valence-corrected chi connectivity index (χ2v) is 5.35. The van der Waals surface area contributed by atoms with Gasteiger partial charge in [-0.15, -0.1) is 11.3 Å². The maximum absolute atomic E-state index is 12.1. The van der Waals surface area contributed by atoms with Gasteiger partial charge in [-0.05, 0) is 45.9 Å². The Bertz CT molecular complexity index is 654. The standard InChI is InChI=1S/C12H9BrN2O3S/c1-6-5-19-9(12(17)18)8(6)15-11(16)7-3-2-4-14-10(7)13/h2-5H,1H3,(H,15,16)(H,17,18). The summed E-state index contributed by atoms with van der Waals surface area (Å²) in [5.41, 5.74) is 1.40. The number of amides is 1. The number of nitrogens with zero attached hydrogens (tertiary/aromatic N) is 1. The minimum absolute atomic E-state index is 0.117. The summed E-state index contributed by atoms with van der Waals surface area (Å²) in [6.45, 7) is 1.75. The van der Waals surface area contributed by atoms with Crippen molar-refractivity contribution in [1.82, 2.24) is 4.98 Å². The average Bonchev–Trinajstić information content (AvgIpc) is 2.71. The summed E-state index contributed by atoms with van der Waals surface area (Å²) in [5, 5.41) is 13.4. The molecule has 2 N–H and O–H groups in total. The van der Waals surface area contributed by atoms with Gasteiger partial charge in [0.25, 0.3) is 5.91 Å². The van der Waals surface area contributed by atoms with Gasteiger partial charge in [-0.25, -0.2) is 9.78 Å². The largest absolute Gasteiger partial charge is 0.477 e. The number of anilines is 1. The minimum atomic E-state index is -1.06. The van der Waals surface area contributed by atoms with Gasteiger partial charge in [0.15, 0.2) is 0 Å². The second-order valence-electron chi connectivity index (χ2n) is 3.72. The van der Waals surface area contributed by atoms with E-state index in [9.17, 15) is 9.59 Å². The lowest BCUT2D eigenvalue weighted by molar-refractivity contribution is 0.0703. The number of pyridine rings is 1. The van der Waals surface area contributed by atoms with Crippen LogP contribution in [0.25, 0.3) is 0 Å². The molecule has 0 aliphatic heterocycles. The van der Waals surface area contributed by atoms with Gasteiger partial charge in [-0.2, -0.15) is 0 Å². The van der Waals surface area contributed by atoms with E-state index in [1.165, 1.54) is 0 Å². The van der Waals surface area contributed by atoms with Crippen LogP contribution in [-0.2, 0) is 0 Å². The lowest BCUT2D eigenvalue weighted by Crippen LogP contribution is -2.15. The number of nitrogens with one attached hydrogen (secondary N) is 1. The maximum Gasteiger partial charge on any atom is 0.348 e. The van der Waals surface area contributed by atoms with Gasteiger partial charge >= 0.3 is 5.97 Å². The zero-order valence-corrected chi connectivity index (χ0v) is 12.2.